The van der Waals surface area contributed by atoms with Gasteiger partial charge in [0.15, 0.2) is 0 Å². The van der Waals surface area contributed by atoms with Gasteiger partial charge >= 0.3 is 5.69 Å². The maximum Gasteiger partial charge on any atom is 0.311 e. The number of hydrogen-bond acceptors (Lipinski definition) is 4. The molecule has 0 saturated heterocycles. The van der Waals surface area contributed by atoms with Crippen LogP contribution >= 0.6 is 11.6 Å². The lowest BCUT2D eigenvalue weighted by Gasteiger charge is -2.11. The highest BCUT2D eigenvalue weighted by Gasteiger charge is 2.22. The molecule has 7 heteroatoms. The zero-order valence-electron chi connectivity index (χ0n) is 12.1. The summed E-state index contributed by atoms with van der Waals surface area (Å²) in [5.41, 5.74) is -0.0538. The molecule has 1 N–H and O–H groups in total. The van der Waals surface area contributed by atoms with Gasteiger partial charge in [0, 0.05) is 18.0 Å². The third kappa shape index (κ3) is 4.90. The third-order valence-corrected chi connectivity index (χ3v) is 3.44. The fourth-order valence-corrected chi connectivity index (χ4v) is 1.89. The van der Waals surface area contributed by atoms with E-state index in [1.807, 2.05) is 6.92 Å². The minimum absolute atomic E-state index is 0.000384. The van der Waals surface area contributed by atoms with Gasteiger partial charge in [0.2, 0.25) is 5.75 Å². The Bertz CT molecular complexity index is 508. The average molecular weight is 315 g/mol. The standard InChI is InChI=1S/C14H19ClN2O4/c1-3-10(15)8-9-16-14(18)11-6-5-7-12(17(19)20)13(11)21-4-2/h5-7,10H,3-4,8-9H2,1-2H3,(H,16,18). The van der Waals surface area contributed by atoms with E-state index in [2.05, 4.69) is 5.32 Å². The van der Waals surface area contributed by atoms with Gasteiger partial charge in [0.1, 0.15) is 0 Å². The minimum atomic E-state index is -0.562. The van der Waals surface area contributed by atoms with Gasteiger partial charge in [-0.2, -0.15) is 0 Å². The molecule has 0 radical (unpaired) electrons. The van der Waals surface area contributed by atoms with Crippen molar-refractivity contribution in [3.05, 3.63) is 33.9 Å². The van der Waals surface area contributed by atoms with Crippen LogP contribution in [0.2, 0.25) is 0 Å². The van der Waals surface area contributed by atoms with Gasteiger partial charge in [0.25, 0.3) is 5.91 Å². The topological polar surface area (TPSA) is 81.5 Å². The van der Waals surface area contributed by atoms with E-state index >= 15 is 0 Å². The van der Waals surface area contributed by atoms with Crippen molar-refractivity contribution >= 4 is 23.2 Å². The van der Waals surface area contributed by atoms with E-state index in [0.717, 1.165) is 6.42 Å². The molecule has 1 amide bonds. The summed E-state index contributed by atoms with van der Waals surface area (Å²) in [6.07, 6.45) is 1.46. The van der Waals surface area contributed by atoms with Crippen LogP contribution in [0.4, 0.5) is 5.69 Å². The Morgan fingerprint density at radius 2 is 2.19 bits per heavy atom. The summed E-state index contributed by atoms with van der Waals surface area (Å²) in [5.74, 6) is -0.400. The molecule has 1 unspecified atom stereocenters. The van der Waals surface area contributed by atoms with Gasteiger partial charge in [0.05, 0.1) is 17.1 Å². The van der Waals surface area contributed by atoms with Crippen molar-refractivity contribution in [2.24, 2.45) is 0 Å². The monoisotopic (exact) mass is 314 g/mol. The molecule has 6 nitrogen and oxygen atoms in total. The molecule has 116 valence electrons. The van der Waals surface area contributed by atoms with Crippen LogP contribution in [0.15, 0.2) is 18.2 Å². The lowest BCUT2D eigenvalue weighted by Crippen LogP contribution is -2.26. The zero-order chi connectivity index (χ0) is 15.8. The molecule has 21 heavy (non-hydrogen) atoms. The number of hydrogen-bond donors (Lipinski definition) is 1. The van der Waals surface area contributed by atoms with Crippen LogP contribution in [0.1, 0.15) is 37.0 Å². The third-order valence-electron chi connectivity index (χ3n) is 2.91. The molecule has 0 fully saturated rings. The Morgan fingerprint density at radius 1 is 1.48 bits per heavy atom. The van der Waals surface area contributed by atoms with Crippen molar-refractivity contribution in [3.63, 3.8) is 0 Å². The molecular formula is C14H19ClN2O4. The molecule has 0 aliphatic rings. The second kappa shape index (κ2) is 8.46. The molecule has 0 aliphatic heterocycles. The number of nitro groups is 1. The quantitative estimate of drug-likeness (QED) is 0.454. The predicted molar refractivity (Wildman–Crippen MR) is 81.1 cm³/mol. The molecule has 1 rings (SSSR count). The number of benzene rings is 1. The molecule has 1 aromatic carbocycles. The molecule has 0 bridgehead atoms. The summed E-state index contributed by atoms with van der Waals surface area (Å²) in [6, 6.07) is 4.28. The molecule has 0 saturated carbocycles. The normalized spacial score (nSPS) is 11.8. The summed E-state index contributed by atoms with van der Waals surface area (Å²) in [4.78, 5) is 22.6. The van der Waals surface area contributed by atoms with E-state index in [1.54, 1.807) is 6.92 Å². The van der Waals surface area contributed by atoms with Gasteiger partial charge in [-0.05, 0) is 25.8 Å². The first-order chi connectivity index (χ1) is 10.0. The smallest absolute Gasteiger partial charge is 0.311 e. The van der Waals surface area contributed by atoms with E-state index in [9.17, 15) is 14.9 Å². The number of para-hydroxylation sites is 1. The van der Waals surface area contributed by atoms with Crippen molar-refractivity contribution < 1.29 is 14.5 Å². The van der Waals surface area contributed by atoms with E-state index in [1.165, 1.54) is 18.2 Å². The largest absolute Gasteiger partial charge is 0.487 e. The number of nitro benzene ring substituents is 1. The first-order valence-electron chi connectivity index (χ1n) is 6.83. The van der Waals surface area contributed by atoms with E-state index in [-0.39, 0.29) is 29.0 Å². The lowest BCUT2D eigenvalue weighted by molar-refractivity contribution is -0.385. The molecule has 0 heterocycles. The second-order valence-electron chi connectivity index (χ2n) is 4.39. The highest BCUT2D eigenvalue weighted by Crippen LogP contribution is 2.30. The van der Waals surface area contributed by atoms with Crippen LogP contribution in [0, 0.1) is 10.1 Å². The number of amides is 1. The second-order valence-corrected chi connectivity index (χ2v) is 5.01. The molecule has 0 aromatic heterocycles. The number of ether oxygens (including phenoxy) is 1. The van der Waals surface area contributed by atoms with Crippen LogP contribution in [0.5, 0.6) is 5.75 Å². The number of alkyl halides is 1. The maximum atomic E-state index is 12.1. The van der Waals surface area contributed by atoms with Crippen LogP contribution in [0.25, 0.3) is 0 Å². The fraction of sp³-hybridized carbons (Fsp3) is 0.500. The Kier molecular flexibility index (Phi) is 6.94. The molecular weight excluding hydrogens is 296 g/mol. The maximum absolute atomic E-state index is 12.1. The van der Waals surface area contributed by atoms with Crippen LogP contribution in [-0.2, 0) is 0 Å². The zero-order valence-corrected chi connectivity index (χ0v) is 12.9. The lowest BCUT2D eigenvalue weighted by atomic mass is 10.1. The van der Waals surface area contributed by atoms with Crippen molar-refractivity contribution in [2.45, 2.75) is 32.1 Å². The van der Waals surface area contributed by atoms with E-state index in [4.69, 9.17) is 16.3 Å². The van der Waals surface area contributed by atoms with Crippen molar-refractivity contribution in [1.82, 2.24) is 5.32 Å². The number of carbonyl (C=O) groups is 1. The molecule has 1 aromatic rings. The predicted octanol–water partition coefficient (Wildman–Crippen LogP) is 3.13. The van der Waals surface area contributed by atoms with Gasteiger partial charge < -0.3 is 10.1 Å². The van der Waals surface area contributed by atoms with Crippen LogP contribution in [-0.4, -0.2) is 29.4 Å². The number of rotatable bonds is 8. The number of nitrogens with zero attached hydrogens (tertiary/aromatic N) is 1. The summed E-state index contributed by atoms with van der Waals surface area (Å²) in [6.45, 7) is 4.32. The highest BCUT2D eigenvalue weighted by atomic mass is 35.5. The van der Waals surface area contributed by atoms with Gasteiger partial charge in [-0.1, -0.05) is 13.0 Å². The number of halogens is 1. The highest BCUT2D eigenvalue weighted by molar-refractivity contribution is 6.20. The van der Waals surface area contributed by atoms with Crippen molar-refractivity contribution in [1.29, 1.82) is 0 Å². The Hall–Kier alpha value is -1.82. The van der Waals surface area contributed by atoms with Gasteiger partial charge in [-0.3, -0.25) is 14.9 Å². The first-order valence-corrected chi connectivity index (χ1v) is 7.27. The summed E-state index contributed by atoms with van der Waals surface area (Å²) < 4.78 is 5.27. The number of nitrogens with one attached hydrogen (secondary N) is 1. The van der Waals surface area contributed by atoms with Crippen LogP contribution in [0.3, 0.4) is 0 Å². The summed E-state index contributed by atoms with van der Waals surface area (Å²) in [7, 11) is 0. The minimum Gasteiger partial charge on any atom is -0.487 e. The molecule has 0 aliphatic carbocycles. The summed E-state index contributed by atoms with van der Waals surface area (Å²) in [5, 5.41) is 13.7. The van der Waals surface area contributed by atoms with Crippen molar-refractivity contribution in [3.8, 4) is 5.75 Å². The van der Waals surface area contributed by atoms with E-state index < -0.39 is 10.8 Å². The Morgan fingerprint density at radius 3 is 2.76 bits per heavy atom. The van der Waals surface area contributed by atoms with Crippen molar-refractivity contribution in [2.75, 3.05) is 13.2 Å². The van der Waals surface area contributed by atoms with Gasteiger partial charge in [-0.25, -0.2) is 0 Å². The molecule has 0 spiro atoms. The Labute approximate surface area is 128 Å². The fourth-order valence-electron chi connectivity index (χ4n) is 1.79. The molecule has 1 atom stereocenters. The average Bonchev–Trinajstić information content (AvgIpc) is 2.47. The van der Waals surface area contributed by atoms with Gasteiger partial charge in [-0.15, -0.1) is 11.6 Å². The Balaban J connectivity index is 2.88. The summed E-state index contributed by atoms with van der Waals surface area (Å²) >= 11 is 5.98. The van der Waals surface area contributed by atoms with Crippen LogP contribution < -0.4 is 10.1 Å². The van der Waals surface area contributed by atoms with E-state index in [0.29, 0.717) is 13.0 Å². The first kappa shape index (κ1) is 17.2. The SMILES string of the molecule is CCOc1c(C(=O)NCCC(Cl)CC)cccc1[N+](=O)[O-]. The number of carbonyl (C=O) groups excluding carboxylic acids is 1.